The number of aryl methyl sites for hydroxylation is 1. The number of carbonyl (C=O) groups excluding carboxylic acids is 2. The van der Waals surface area contributed by atoms with E-state index in [0.29, 0.717) is 5.13 Å². The summed E-state index contributed by atoms with van der Waals surface area (Å²) in [6.45, 7) is 3.41. The Morgan fingerprint density at radius 2 is 2.10 bits per heavy atom. The number of nitrogens with zero attached hydrogens (tertiary/aromatic N) is 2. The van der Waals surface area contributed by atoms with Crippen molar-refractivity contribution in [2.45, 2.75) is 13.8 Å². The Kier molecular flexibility index (Phi) is 3.92. The van der Waals surface area contributed by atoms with Crippen LogP contribution in [0.3, 0.4) is 0 Å². The van der Waals surface area contributed by atoms with Crippen LogP contribution in [0.1, 0.15) is 11.9 Å². The lowest BCUT2D eigenvalue weighted by Gasteiger charge is -1.98. The van der Waals surface area contributed by atoms with E-state index in [1.54, 1.807) is 11.3 Å². The van der Waals surface area contributed by atoms with Crippen LogP contribution in [0, 0.1) is 6.92 Å². The van der Waals surface area contributed by atoms with Gasteiger partial charge in [0.05, 0.1) is 25.7 Å². The fraction of sp³-hybridized carbons (Fsp3) is 0.231. The van der Waals surface area contributed by atoms with Gasteiger partial charge >= 0.3 is 0 Å². The van der Waals surface area contributed by atoms with Crippen molar-refractivity contribution in [1.29, 1.82) is 0 Å². The number of hydrogen-bond donors (Lipinski definition) is 1. The smallest absolute Gasteiger partial charge is 0.236 e. The van der Waals surface area contributed by atoms with E-state index in [1.807, 2.05) is 19.1 Å². The zero-order valence-corrected chi connectivity index (χ0v) is 13.7. The van der Waals surface area contributed by atoms with Crippen molar-refractivity contribution in [2.24, 2.45) is 0 Å². The summed E-state index contributed by atoms with van der Waals surface area (Å²) in [5.41, 5.74) is 1.76. The molecule has 0 saturated heterocycles. The first-order chi connectivity index (χ1) is 10.0. The Labute approximate surface area is 132 Å². The molecule has 8 heteroatoms. The number of benzene rings is 1. The number of nitrogens with one attached hydrogen (secondary N) is 1. The highest BCUT2D eigenvalue weighted by atomic mass is 32.2. The third-order valence-electron chi connectivity index (χ3n) is 2.67. The van der Waals surface area contributed by atoms with Crippen LogP contribution in [0.5, 0.6) is 0 Å². The van der Waals surface area contributed by atoms with Gasteiger partial charge in [0.15, 0.2) is 10.2 Å². The molecule has 0 atom stereocenters. The van der Waals surface area contributed by atoms with Gasteiger partial charge in [-0.05, 0) is 19.1 Å². The second-order valence-electron chi connectivity index (χ2n) is 4.34. The highest BCUT2D eigenvalue weighted by Gasteiger charge is 2.13. The van der Waals surface area contributed by atoms with Gasteiger partial charge in [-0.15, -0.1) is 11.3 Å². The minimum atomic E-state index is -0.222. The van der Waals surface area contributed by atoms with Crippen molar-refractivity contribution < 1.29 is 9.59 Å². The van der Waals surface area contributed by atoms with Gasteiger partial charge in [0.1, 0.15) is 5.52 Å². The van der Waals surface area contributed by atoms with Gasteiger partial charge in [0.25, 0.3) is 0 Å². The van der Waals surface area contributed by atoms with Gasteiger partial charge < -0.3 is 5.32 Å². The van der Waals surface area contributed by atoms with E-state index in [9.17, 15) is 9.59 Å². The van der Waals surface area contributed by atoms with Crippen LogP contribution >= 0.6 is 34.4 Å². The average molecular weight is 337 g/mol. The molecule has 3 aromatic rings. The molecule has 108 valence electrons. The quantitative estimate of drug-likeness (QED) is 0.793. The number of carbonyl (C=O) groups is 2. The van der Waals surface area contributed by atoms with Gasteiger partial charge in [0.2, 0.25) is 5.91 Å². The van der Waals surface area contributed by atoms with Crippen LogP contribution in [-0.4, -0.2) is 26.7 Å². The summed E-state index contributed by atoms with van der Waals surface area (Å²) in [6.07, 6.45) is 0. The summed E-state index contributed by atoms with van der Waals surface area (Å²) in [7, 11) is 0. The Morgan fingerprint density at radius 1 is 1.29 bits per heavy atom. The Bertz CT molecular complexity index is 853. The van der Waals surface area contributed by atoms with Crippen LogP contribution in [0.4, 0.5) is 5.13 Å². The number of fused-ring (bicyclic) bond motifs is 3. The number of thioether (sulfide) groups is 1. The molecular weight excluding hydrogens is 326 g/mol. The molecule has 1 amide bonds. The minimum absolute atomic E-state index is 0.0749. The maximum absolute atomic E-state index is 11.7. The van der Waals surface area contributed by atoms with Crippen molar-refractivity contribution in [2.75, 3.05) is 11.1 Å². The normalized spacial score (nSPS) is 11.1. The van der Waals surface area contributed by atoms with Crippen molar-refractivity contribution >= 4 is 71.0 Å². The molecule has 0 radical (unpaired) electrons. The van der Waals surface area contributed by atoms with Gasteiger partial charge in [-0.25, -0.2) is 9.97 Å². The van der Waals surface area contributed by atoms with Crippen molar-refractivity contribution in [3.05, 3.63) is 17.1 Å². The number of amides is 1. The third-order valence-corrected chi connectivity index (χ3v) is 5.42. The maximum Gasteiger partial charge on any atom is 0.236 e. The zero-order valence-electron chi connectivity index (χ0n) is 11.3. The molecule has 2 aromatic heterocycles. The molecule has 0 spiro atoms. The molecule has 2 heterocycles. The largest absolute Gasteiger partial charge is 0.301 e. The number of thiazole rings is 2. The van der Waals surface area contributed by atoms with Gasteiger partial charge in [-0.1, -0.05) is 23.1 Å². The maximum atomic E-state index is 11.7. The van der Waals surface area contributed by atoms with E-state index in [2.05, 4.69) is 15.3 Å². The lowest BCUT2D eigenvalue weighted by Crippen LogP contribution is -2.14. The van der Waals surface area contributed by atoms with E-state index >= 15 is 0 Å². The van der Waals surface area contributed by atoms with Crippen molar-refractivity contribution in [3.8, 4) is 0 Å². The first-order valence-electron chi connectivity index (χ1n) is 6.13. The van der Waals surface area contributed by atoms with Gasteiger partial charge in [-0.3, -0.25) is 9.59 Å². The lowest BCUT2D eigenvalue weighted by atomic mass is 10.3. The molecule has 0 aliphatic rings. The average Bonchev–Trinajstić information content (AvgIpc) is 2.97. The summed E-state index contributed by atoms with van der Waals surface area (Å²) in [5, 5.41) is 4.20. The second kappa shape index (κ2) is 5.70. The van der Waals surface area contributed by atoms with E-state index < -0.39 is 0 Å². The SMILES string of the molecule is CC(=O)SCC(=O)Nc1nc2ccc3sc(C)nc3c2s1. The van der Waals surface area contributed by atoms with Crippen molar-refractivity contribution in [3.63, 3.8) is 0 Å². The Morgan fingerprint density at radius 3 is 2.86 bits per heavy atom. The van der Waals surface area contributed by atoms with Gasteiger partial charge in [-0.2, -0.15) is 0 Å². The standard InChI is InChI=1S/C13H11N3O2S3/c1-6-14-11-9(20-6)4-3-8-12(11)21-13(15-8)16-10(18)5-19-7(2)17/h3-4H,5H2,1-2H3,(H,15,16,18). The molecule has 0 saturated carbocycles. The Balaban J connectivity index is 1.88. The summed E-state index contributed by atoms with van der Waals surface area (Å²) in [4.78, 5) is 31.5. The van der Waals surface area contributed by atoms with E-state index in [-0.39, 0.29) is 16.8 Å². The second-order valence-corrected chi connectivity index (χ2v) is 7.73. The molecule has 0 bridgehead atoms. The topological polar surface area (TPSA) is 72.0 Å². The molecule has 5 nitrogen and oxygen atoms in total. The summed E-state index contributed by atoms with van der Waals surface area (Å²) >= 11 is 4.04. The molecule has 0 aliphatic heterocycles. The van der Waals surface area contributed by atoms with Crippen LogP contribution in [0.25, 0.3) is 20.4 Å². The van der Waals surface area contributed by atoms with E-state index in [4.69, 9.17) is 0 Å². The highest BCUT2D eigenvalue weighted by Crippen LogP contribution is 2.34. The molecular formula is C13H11N3O2S3. The van der Waals surface area contributed by atoms with Crippen LogP contribution in [0.2, 0.25) is 0 Å². The number of hydrogen-bond acceptors (Lipinski definition) is 7. The molecule has 1 N–H and O–H groups in total. The molecule has 0 aliphatic carbocycles. The molecule has 3 rings (SSSR count). The first kappa shape index (κ1) is 14.4. The predicted octanol–water partition coefficient (Wildman–Crippen LogP) is 3.43. The third kappa shape index (κ3) is 3.07. The lowest BCUT2D eigenvalue weighted by molar-refractivity contribution is -0.114. The summed E-state index contributed by atoms with van der Waals surface area (Å²) in [5.74, 6) is -0.115. The summed E-state index contributed by atoms with van der Waals surface area (Å²) in [6, 6.07) is 3.94. The molecule has 0 unspecified atom stereocenters. The first-order valence-corrected chi connectivity index (χ1v) is 8.74. The molecule has 21 heavy (non-hydrogen) atoms. The highest BCUT2D eigenvalue weighted by molar-refractivity contribution is 8.14. The minimum Gasteiger partial charge on any atom is -0.301 e. The Hall–Kier alpha value is -1.51. The van der Waals surface area contributed by atoms with Crippen LogP contribution in [0.15, 0.2) is 12.1 Å². The summed E-state index contributed by atoms with van der Waals surface area (Å²) < 4.78 is 2.10. The van der Waals surface area contributed by atoms with Crippen LogP contribution < -0.4 is 5.32 Å². The number of rotatable bonds is 3. The number of aromatic nitrogens is 2. The fourth-order valence-corrected chi connectivity index (χ4v) is 4.14. The van der Waals surface area contributed by atoms with E-state index in [1.165, 1.54) is 18.3 Å². The molecule has 1 aromatic carbocycles. The molecule has 0 fully saturated rings. The zero-order chi connectivity index (χ0) is 15.0. The number of anilines is 1. The monoisotopic (exact) mass is 337 g/mol. The predicted molar refractivity (Wildman–Crippen MR) is 89.3 cm³/mol. The van der Waals surface area contributed by atoms with Gasteiger partial charge in [0, 0.05) is 6.92 Å². The van der Waals surface area contributed by atoms with Crippen molar-refractivity contribution in [1.82, 2.24) is 9.97 Å². The van der Waals surface area contributed by atoms with Crippen LogP contribution in [-0.2, 0) is 9.59 Å². The fourth-order valence-electron chi connectivity index (χ4n) is 1.86. The van der Waals surface area contributed by atoms with E-state index in [0.717, 1.165) is 37.2 Å².